The second-order valence-electron chi connectivity index (χ2n) is 5.73. The molecule has 106 valence electrons. The molecule has 0 spiro atoms. The van der Waals surface area contributed by atoms with E-state index >= 15 is 0 Å². The number of aliphatic hydroxyl groups excluding tert-OH is 1. The molecule has 19 heavy (non-hydrogen) atoms. The van der Waals surface area contributed by atoms with Crippen LogP contribution in [0, 0.1) is 12.8 Å². The van der Waals surface area contributed by atoms with Gasteiger partial charge in [0.05, 0.1) is 13.2 Å². The molecule has 1 aliphatic rings. The van der Waals surface area contributed by atoms with E-state index in [9.17, 15) is 5.11 Å². The van der Waals surface area contributed by atoms with Gasteiger partial charge in [0.25, 0.3) is 0 Å². The fourth-order valence-corrected chi connectivity index (χ4v) is 2.70. The van der Waals surface area contributed by atoms with Gasteiger partial charge in [-0.2, -0.15) is 0 Å². The van der Waals surface area contributed by atoms with E-state index in [2.05, 4.69) is 11.8 Å². The predicted octanol–water partition coefficient (Wildman–Crippen LogP) is 2.77. The average Bonchev–Trinajstić information content (AvgIpc) is 2.41. The summed E-state index contributed by atoms with van der Waals surface area (Å²) in [4.78, 5) is 2.37. The number of hydrogen-bond acceptors (Lipinski definition) is 3. The fourth-order valence-electron chi connectivity index (χ4n) is 2.70. The molecule has 1 aromatic carbocycles. The molecule has 0 radical (unpaired) electrons. The van der Waals surface area contributed by atoms with Crippen LogP contribution < -0.4 is 4.74 Å². The Morgan fingerprint density at radius 2 is 2.05 bits per heavy atom. The van der Waals surface area contributed by atoms with E-state index < -0.39 is 6.10 Å². The molecular weight excluding hydrogens is 238 g/mol. The number of hydrogen-bond donors (Lipinski definition) is 1. The Labute approximate surface area is 116 Å². The molecule has 1 saturated heterocycles. The second-order valence-corrected chi connectivity index (χ2v) is 5.73. The van der Waals surface area contributed by atoms with Crippen molar-refractivity contribution in [2.24, 2.45) is 5.92 Å². The van der Waals surface area contributed by atoms with Gasteiger partial charge in [-0.1, -0.05) is 13.0 Å². The summed E-state index contributed by atoms with van der Waals surface area (Å²) in [7, 11) is 1.67. The SMILES string of the molecule is COc1ccc(C(O)CN2CCC(C)CC2)cc1C. The highest BCUT2D eigenvalue weighted by molar-refractivity contribution is 5.37. The number of aryl methyl sites for hydroxylation is 1. The van der Waals surface area contributed by atoms with Gasteiger partial charge in [-0.3, -0.25) is 0 Å². The molecule has 0 saturated carbocycles. The van der Waals surface area contributed by atoms with E-state index in [0.717, 1.165) is 42.4 Å². The number of aliphatic hydroxyl groups is 1. The van der Waals surface area contributed by atoms with Gasteiger partial charge in [-0.25, -0.2) is 0 Å². The van der Waals surface area contributed by atoms with Gasteiger partial charge in [0.2, 0.25) is 0 Å². The first kappa shape index (κ1) is 14.4. The first-order chi connectivity index (χ1) is 9.10. The van der Waals surface area contributed by atoms with E-state index in [-0.39, 0.29) is 0 Å². The Hall–Kier alpha value is -1.06. The third kappa shape index (κ3) is 3.71. The Bertz CT molecular complexity index is 411. The molecule has 2 rings (SSSR count). The Balaban J connectivity index is 1.96. The number of ether oxygens (including phenoxy) is 1. The van der Waals surface area contributed by atoms with Crippen LogP contribution in [0.1, 0.15) is 37.0 Å². The normalized spacial score (nSPS) is 19.4. The number of likely N-dealkylation sites (tertiary alicyclic amines) is 1. The topological polar surface area (TPSA) is 32.7 Å². The zero-order valence-electron chi connectivity index (χ0n) is 12.2. The molecule has 3 heteroatoms. The second kappa shape index (κ2) is 6.40. The molecule has 0 aliphatic carbocycles. The number of piperidine rings is 1. The van der Waals surface area contributed by atoms with Gasteiger partial charge in [0.1, 0.15) is 5.75 Å². The highest BCUT2D eigenvalue weighted by Gasteiger charge is 2.19. The molecule has 1 aromatic rings. The van der Waals surface area contributed by atoms with E-state index in [1.807, 2.05) is 25.1 Å². The van der Waals surface area contributed by atoms with Gasteiger partial charge in [0, 0.05) is 6.54 Å². The lowest BCUT2D eigenvalue weighted by Gasteiger charge is -2.31. The van der Waals surface area contributed by atoms with Crippen molar-refractivity contribution in [2.75, 3.05) is 26.7 Å². The standard InChI is InChI=1S/C16H25NO2/c1-12-6-8-17(9-7-12)11-15(18)14-4-5-16(19-3)13(2)10-14/h4-5,10,12,15,18H,6-9,11H2,1-3H3. The van der Waals surface area contributed by atoms with Crippen LogP contribution in [0.3, 0.4) is 0 Å². The third-order valence-electron chi connectivity index (χ3n) is 4.11. The van der Waals surface area contributed by atoms with Crippen molar-refractivity contribution in [3.63, 3.8) is 0 Å². The molecular formula is C16H25NO2. The molecule has 0 bridgehead atoms. The first-order valence-electron chi connectivity index (χ1n) is 7.15. The summed E-state index contributed by atoms with van der Waals surface area (Å²) in [6, 6.07) is 5.92. The van der Waals surface area contributed by atoms with Gasteiger partial charge in [-0.15, -0.1) is 0 Å². The quantitative estimate of drug-likeness (QED) is 0.906. The Kier molecular flexibility index (Phi) is 4.83. The van der Waals surface area contributed by atoms with Crippen molar-refractivity contribution in [2.45, 2.75) is 32.8 Å². The maximum Gasteiger partial charge on any atom is 0.121 e. The largest absolute Gasteiger partial charge is 0.496 e. The van der Waals surface area contributed by atoms with E-state index in [1.165, 1.54) is 12.8 Å². The van der Waals surface area contributed by atoms with Crippen molar-refractivity contribution in [3.8, 4) is 5.75 Å². The fraction of sp³-hybridized carbons (Fsp3) is 0.625. The summed E-state index contributed by atoms with van der Waals surface area (Å²) in [5, 5.41) is 10.3. The Morgan fingerprint density at radius 1 is 1.37 bits per heavy atom. The molecule has 1 N–H and O–H groups in total. The predicted molar refractivity (Wildman–Crippen MR) is 77.5 cm³/mol. The highest BCUT2D eigenvalue weighted by Crippen LogP contribution is 2.24. The third-order valence-corrected chi connectivity index (χ3v) is 4.11. The summed E-state index contributed by atoms with van der Waals surface area (Å²) in [6.45, 7) is 7.26. The lowest BCUT2D eigenvalue weighted by atomic mass is 9.98. The minimum absolute atomic E-state index is 0.405. The van der Waals surface area contributed by atoms with Crippen LogP contribution in [-0.2, 0) is 0 Å². The van der Waals surface area contributed by atoms with Crippen LogP contribution >= 0.6 is 0 Å². The van der Waals surface area contributed by atoms with Gasteiger partial charge in [-0.05, 0) is 62.0 Å². The summed E-state index contributed by atoms with van der Waals surface area (Å²) < 4.78 is 5.25. The lowest BCUT2D eigenvalue weighted by molar-refractivity contribution is 0.0915. The molecule has 1 heterocycles. The first-order valence-corrected chi connectivity index (χ1v) is 7.15. The summed E-state index contributed by atoms with van der Waals surface area (Å²) in [6.07, 6.45) is 2.08. The number of β-amino-alcohol motifs (C(OH)–C–C–N with tert-alkyl or cyclic N) is 1. The maximum absolute atomic E-state index is 10.3. The van der Waals surface area contributed by atoms with Gasteiger partial charge < -0.3 is 14.7 Å². The summed E-state index contributed by atoms with van der Waals surface area (Å²) in [5.41, 5.74) is 2.06. The number of benzene rings is 1. The van der Waals surface area contributed by atoms with Gasteiger partial charge in [0.15, 0.2) is 0 Å². The summed E-state index contributed by atoms with van der Waals surface area (Å²) >= 11 is 0. The van der Waals surface area contributed by atoms with E-state index in [0.29, 0.717) is 0 Å². The molecule has 0 amide bonds. The van der Waals surface area contributed by atoms with Crippen LogP contribution in [0.15, 0.2) is 18.2 Å². The number of methoxy groups -OCH3 is 1. The molecule has 1 fully saturated rings. The van der Waals surface area contributed by atoms with Crippen LogP contribution in [-0.4, -0.2) is 36.8 Å². The highest BCUT2D eigenvalue weighted by atomic mass is 16.5. The number of nitrogens with zero attached hydrogens (tertiary/aromatic N) is 1. The Morgan fingerprint density at radius 3 is 2.63 bits per heavy atom. The van der Waals surface area contributed by atoms with E-state index in [4.69, 9.17) is 4.74 Å². The molecule has 3 nitrogen and oxygen atoms in total. The van der Waals surface area contributed by atoms with Crippen molar-refractivity contribution in [1.29, 1.82) is 0 Å². The minimum Gasteiger partial charge on any atom is -0.496 e. The number of rotatable bonds is 4. The van der Waals surface area contributed by atoms with Crippen molar-refractivity contribution in [1.82, 2.24) is 4.90 Å². The smallest absolute Gasteiger partial charge is 0.121 e. The van der Waals surface area contributed by atoms with Crippen molar-refractivity contribution < 1.29 is 9.84 Å². The van der Waals surface area contributed by atoms with Crippen molar-refractivity contribution >= 4 is 0 Å². The molecule has 0 aromatic heterocycles. The minimum atomic E-state index is -0.405. The van der Waals surface area contributed by atoms with Crippen LogP contribution in [0.25, 0.3) is 0 Å². The summed E-state index contributed by atoms with van der Waals surface area (Å²) in [5.74, 6) is 1.71. The van der Waals surface area contributed by atoms with Gasteiger partial charge >= 0.3 is 0 Å². The monoisotopic (exact) mass is 263 g/mol. The average molecular weight is 263 g/mol. The zero-order valence-corrected chi connectivity index (χ0v) is 12.2. The maximum atomic E-state index is 10.3. The van der Waals surface area contributed by atoms with Crippen LogP contribution in [0.5, 0.6) is 5.75 Å². The van der Waals surface area contributed by atoms with E-state index in [1.54, 1.807) is 7.11 Å². The van der Waals surface area contributed by atoms with Crippen LogP contribution in [0.4, 0.5) is 0 Å². The van der Waals surface area contributed by atoms with Crippen LogP contribution in [0.2, 0.25) is 0 Å². The molecule has 1 unspecified atom stereocenters. The molecule has 1 atom stereocenters. The zero-order chi connectivity index (χ0) is 13.8. The lowest BCUT2D eigenvalue weighted by Crippen LogP contribution is -2.35. The van der Waals surface area contributed by atoms with Crippen molar-refractivity contribution in [3.05, 3.63) is 29.3 Å². The molecule has 1 aliphatic heterocycles.